The van der Waals surface area contributed by atoms with Crippen LogP contribution in [0.3, 0.4) is 0 Å². The minimum atomic E-state index is -1.08. The maximum Gasteiger partial charge on any atom is 0.322 e. The van der Waals surface area contributed by atoms with Crippen LogP contribution < -0.4 is 10.1 Å². The molecule has 166 valence electrons. The number of ether oxygens (including phenoxy) is 1. The molecule has 3 aromatic rings. The molecule has 1 aliphatic rings. The molecule has 4 rings (SSSR count). The van der Waals surface area contributed by atoms with Crippen LogP contribution in [-0.2, 0) is 10.8 Å². The molecular formula is C23H31N5O2S. The van der Waals surface area contributed by atoms with Crippen molar-refractivity contribution in [1.82, 2.24) is 19.6 Å². The number of hydrogen-bond acceptors (Lipinski definition) is 6. The molecule has 1 fully saturated rings. The van der Waals surface area contributed by atoms with E-state index in [1.807, 2.05) is 37.4 Å². The Morgan fingerprint density at radius 3 is 2.55 bits per heavy atom. The molecule has 0 bridgehead atoms. The normalized spacial score (nSPS) is 17.1. The Kier molecular flexibility index (Phi) is 6.55. The summed E-state index contributed by atoms with van der Waals surface area (Å²) in [5, 5.41) is 8.01. The number of benzene rings is 1. The lowest BCUT2D eigenvalue weighted by Gasteiger charge is -2.23. The fourth-order valence-electron chi connectivity index (χ4n) is 4.13. The SMILES string of the molecule is CC(C)c1cnn2c(NC(C)c3ccccc3S(C)=O)nc(OC3CCCCC3)nc12. The Hall–Kier alpha value is -2.48. The maximum absolute atomic E-state index is 12.2. The summed E-state index contributed by atoms with van der Waals surface area (Å²) < 4.78 is 20.2. The quantitative estimate of drug-likeness (QED) is 0.563. The van der Waals surface area contributed by atoms with Crippen LogP contribution in [0.1, 0.15) is 76.0 Å². The zero-order valence-electron chi connectivity index (χ0n) is 18.7. The standard InChI is InChI=1S/C23H31N5O2S/c1-15(2)19-14-24-28-21(19)26-23(30-17-10-6-5-7-11-17)27-22(28)25-16(3)18-12-8-9-13-20(18)31(4)29/h8-9,12-17H,5-7,10-11H2,1-4H3,(H,25,26,27). The topological polar surface area (TPSA) is 81.4 Å². The second-order valence-corrected chi connectivity index (χ2v) is 9.90. The van der Waals surface area contributed by atoms with Gasteiger partial charge in [0.1, 0.15) is 6.10 Å². The molecule has 2 unspecified atom stereocenters. The lowest BCUT2D eigenvalue weighted by atomic mass is 9.98. The Morgan fingerprint density at radius 1 is 1.10 bits per heavy atom. The van der Waals surface area contributed by atoms with Crippen molar-refractivity contribution in [1.29, 1.82) is 0 Å². The average molecular weight is 442 g/mol. The van der Waals surface area contributed by atoms with E-state index in [2.05, 4.69) is 29.2 Å². The summed E-state index contributed by atoms with van der Waals surface area (Å²) in [5.41, 5.74) is 2.79. The number of fused-ring (bicyclic) bond motifs is 1. The lowest BCUT2D eigenvalue weighted by molar-refractivity contribution is 0.142. The second kappa shape index (κ2) is 9.34. The van der Waals surface area contributed by atoms with Crippen molar-refractivity contribution in [2.75, 3.05) is 11.6 Å². The van der Waals surface area contributed by atoms with Crippen molar-refractivity contribution in [3.05, 3.63) is 41.6 Å². The number of nitrogens with zero attached hydrogens (tertiary/aromatic N) is 4. The summed E-state index contributed by atoms with van der Waals surface area (Å²) in [7, 11) is -1.08. The van der Waals surface area contributed by atoms with Crippen LogP contribution in [0.25, 0.3) is 5.65 Å². The van der Waals surface area contributed by atoms with Crippen LogP contribution in [0.5, 0.6) is 6.01 Å². The minimum Gasteiger partial charge on any atom is -0.460 e. The van der Waals surface area contributed by atoms with Crippen LogP contribution in [0.15, 0.2) is 35.4 Å². The molecule has 2 aromatic heterocycles. The van der Waals surface area contributed by atoms with E-state index in [4.69, 9.17) is 9.72 Å². The highest BCUT2D eigenvalue weighted by atomic mass is 32.2. The van der Waals surface area contributed by atoms with Gasteiger partial charge in [0.05, 0.1) is 23.0 Å². The van der Waals surface area contributed by atoms with Crippen molar-refractivity contribution < 1.29 is 8.95 Å². The summed E-state index contributed by atoms with van der Waals surface area (Å²) in [6.07, 6.45) is 9.43. The molecule has 1 N–H and O–H groups in total. The van der Waals surface area contributed by atoms with Crippen LogP contribution in [0.2, 0.25) is 0 Å². The third-order valence-corrected chi connectivity index (χ3v) is 6.85. The molecule has 31 heavy (non-hydrogen) atoms. The Morgan fingerprint density at radius 2 is 1.84 bits per heavy atom. The number of aromatic nitrogens is 4. The van der Waals surface area contributed by atoms with Crippen LogP contribution in [0.4, 0.5) is 5.95 Å². The highest BCUT2D eigenvalue weighted by Gasteiger charge is 2.21. The monoisotopic (exact) mass is 441 g/mol. The van der Waals surface area contributed by atoms with E-state index >= 15 is 0 Å². The molecule has 2 atom stereocenters. The highest BCUT2D eigenvalue weighted by molar-refractivity contribution is 7.84. The number of hydrogen-bond donors (Lipinski definition) is 1. The fraction of sp³-hybridized carbons (Fsp3) is 0.522. The summed E-state index contributed by atoms with van der Waals surface area (Å²) >= 11 is 0. The predicted octanol–water partition coefficient (Wildman–Crippen LogP) is 4.87. The van der Waals surface area contributed by atoms with Crippen molar-refractivity contribution in [3.8, 4) is 6.01 Å². The average Bonchev–Trinajstić information content (AvgIpc) is 3.19. The molecule has 7 nitrogen and oxygen atoms in total. The molecule has 1 aliphatic carbocycles. The first-order valence-electron chi connectivity index (χ1n) is 11.0. The number of nitrogens with one attached hydrogen (secondary N) is 1. The van der Waals surface area contributed by atoms with Gasteiger partial charge in [0.15, 0.2) is 5.65 Å². The van der Waals surface area contributed by atoms with Crippen molar-refractivity contribution in [3.63, 3.8) is 0 Å². The van der Waals surface area contributed by atoms with Crippen LogP contribution >= 0.6 is 0 Å². The molecule has 0 spiro atoms. The van der Waals surface area contributed by atoms with E-state index in [9.17, 15) is 4.21 Å². The molecule has 8 heteroatoms. The lowest BCUT2D eigenvalue weighted by Crippen LogP contribution is -2.22. The molecule has 0 saturated heterocycles. The zero-order chi connectivity index (χ0) is 22.0. The van der Waals surface area contributed by atoms with Gasteiger partial charge in [-0.05, 0) is 50.2 Å². The molecule has 1 saturated carbocycles. The van der Waals surface area contributed by atoms with Crippen LogP contribution in [0, 0.1) is 0 Å². The number of anilines is 1. The van der Waals surface area contributed by atoms with Crippen molar-refractivity contribution in [2.24, 2.45) is 0 Å². The van der Waals surface area contributed by atoms with E-state index in [-0.39, 0.29) is 18.1 Å². The van der Waals surface area contributed by atoms with Gasteiger partial charge in [0, 0.05) is 16.7 Å². The Labute approximate surface area is 186 Å². The van der Waals surface area contributed by atoms with Gasteiger partial charge in [-0.2, -0.15) is 19.6 Å². The highest BCUT2D eigenvalue weighted by Crippen LogP contribution is 2.28. The summed E-state index contributed by atoms with van der Waals surface area (Å²) in [4.78, 5) is 10.2. The van der Waals surface area contributed by atoms with Gasteiger partial charge in [-0.15, -0.1) is 0 Å². The van der Waals surface area contributed by atoms with Crippen molar-refractivity contribution >= 4 is 22.4 Å². The zero-order valence-corrected chi connectivity index (χ0v) is 19.5. The molecule has 0 amide bonds. The Bertz CT molecular complexity index is 1080. The second-order valence-electron chi connectivity index (χ2n) is 8.56. The molecule has 1 aromatic carbocycles. The third-order valence-electron chi connectivity index (χ3n) is 5.86. The maximum atomic E-state index is 12.2. The van der Waals surface area contributed by atoms with Gasteiger partial charge in [-0.25, -0.2) is 0 Å². The smallest absolute Gasteiger partial charge is 0.322 e. The molecule has 0 radical (unpaired) electrons. The summed E-state index contributed by atoms with van der Waals surface area (Å²) in [6, 6.07) is 8.04. The van der Waals surface area contributed by atoms with Gasteiger partial charge < -0.3 is 10.1 Å². The summed E-state index contributed by atoms with van der Waals surface area (Å²) in [6.45, 7) is 6.29. The van der Waals surface area contributed by atoms with Gasteiger partial charge in [0.25, 0.3) is 0 Å². The number of rotatable bonds is 7. The van der Waals surface area contributed by atoms with Gasteiger partial charge in [-0.3, -0.25) is 4.21 Å². The van der Waals surface area contributed by atoms with E-state index in [0.29, 0.717) is 12.0 Å². The predicted molar refractivity (Wildman–Crippen MR) is 123 cm³/mol. The summed E-state index contributed by atoms with van der Waals surface area (Å²) in [5.74, 6) is 0.857. The van der Waals surface area contributed by atoms with Gasteiger partial charge >= 0.3 is 6.01 Å². The minimum absolute atomic E-state index is 0.118. The molecule has 2 heterocycles. The molecule has 0 aliphatic heterocycles. The van der Waals surface area contributed by atoms with Crippen LogP contribution in [-0.4, -0.2) is 36.2 Å². The largest absolute Gasteiger partial charge is 0.460 e. The Balaban J connectivity index is 1.71. The van der Waals surface area contributed by atoms with E-state index < -0.39 is 10.8 Å². The third kappa shape index (κ3) is 4.74. The van der Waals surface area contributed by atoms with Gasteiger partial charge in [0.2, 0.25) is 5.95 Å². The van der Waals surface area contributed by atoms with Gasteiger partial charge in [-0.1, -0.05) is 38.5 Å². The van der Waals surface area contributed by atoms with Crippen molar-refractivity contribution in [2.45, 2.75) is 75.8 Å². The fourth-order valence-corrected chi connectivity index (χ4v) is 4.98. The first kappa shape index (κ1) is 21.7. The first-order valence-corrected chi connectivity index (χ1v) is 12.6. The first-order chi connectivity index (χ1) is 14.9. The molecular weight excluding hydrogens is 410 g/mol. The van der Waals surface area contributed by atoms with E-state index in [1.165, 1.54) is 19.3 Å². The van der Waals surface area contributed by atoms with E-state index in [0.717, 1.165) is 34.5 Å². The van der Waals surface area contributed by atoms with E-state index in [1.54, 1.807) is 10.8 Å².